The Morgan fingerprint density at radius 2 is 2.03 bits per heavy atom. The van der Waals surface area contributed by atoms with E-state index in [0.717, 1.165) is 37.9 Å². The topological polar surface area (TPSA) is 107 Å². The molecular weight excluding hydrogens is 427 g/mol. The van der Waals surface area contributed by atoms with E-state index in [1.165, 1.54) is 0 Å². The summed E-state index contributed by atoms with van der Waals surface area (Å²) in [6, 6.07) is 5.28. The molecular formula is C20H26Cl2N6O2. The summed E-state index contributed by atoms with van der Waals surface area (Å²) < 4.78 is 0. The number of carboxylic acids is 1. The average Bonchev–Trinajstić information content (AvgIpc) is 3.23. The molecule has 2 aliphatic rings. The molecule has 0 bridgehead atoms. The number of tetrazole rings is 1. The Kier molecular flexibility index (Phi) is 6.87. The van der Waals surface area contributed by atoms with Gasteiger partial charge >= 0.3 is 5.97 Å². The summed E-state index contributed by atoms with van der Waals surface area (Å²) in [4.78, 5) is 13.7. The van der Waals surface area contributed by atoms with E-state index in [2.05, 4.69) is 30.8 Å². The third-order valence-corrected chi connectivity index (χ3v) is 7.11. The Morgan fingerprint density at radius 1 is 1.17 bits per heavy atom. The number of fused-ring (bicyclic) bond motifs is 1. The van der Waals surface area contributed by atoms with Gasteiger partial charge in [0.15, 0.2) is 5.82 Å². The molecule has 0 radical (unpaired) electrons. The van der Waals surface area contributed by atoms with Gasteiger partial charge < -0.3 is 10.4 Å². The summed E-state index contributed by atoms with van der Waals surface area (Å²) >= 11 is 12.3. The van der Waals surface area contributed by atoms with Gasteiger partial charge in [-0.25, -0.2) is 0 Å². The number of hydrogen-bond acceptors (Lipinski definition) is 6. The highest BCUT2D eigenvalue weighted by molar-refractivity contribution is 6.42. The van der Waals surface area contributed by atoms with Crippen LogP contribution in [-0.4, -0.2) is 55.7 Å². The molecule has 0 amide bonds. The second-order valence-electron chi connectivity index (χ2n) is 8.48. The van der Waals surface area contributed by atoms with Gasteiger partial charge in [-0.1, -0.05) is 34.5 Å². The lowest BCUT2D eigenvalue weighted by atomic mass is 9.69. The summed E-state index contributed by atoms with van der Waals surface area (Å²) in [6.07, 6.45) is 4.05. The Bertz CT molecular complexity index is 865. The lowest BCUT2D eigenvalue weighted by Crippen LogP contribution is -2.50. The maximum atomic E-state index is 11.4. The monoisotopic (exact) mass is 452 g/mol. The van der Waals surface area contributed by atoms with Crippen LogP contribution in [0, 0.1) is 17.8 Å². The predicted octanol–water partition coefficient (Wildman–Crippen LogP) is 2.99. The van der Waals surface area contributed by atoms with Gasteiger partial charge in [-0.3, -0.25) is 9.69 Å². The van der Waals surface area contributed by atoms with E-state index in [1.807, 2.05) is 18.2 Å². The second-order valence-corrected chi connectivity index (χ2v) is 9.29. The number of rotatable bonds is 7. The van der Waals surface area contributed by atoms with Crippen molar-refractivity contribution >= 4 is 29.2 Å². The molecule has 10 heteroatoms. The Labute approximate surface area is 185 Å². The number of carboxylic acid groups (broad SMARTS) is 1. The van der Waals surface area contributed by atoms with Crippen molar-refractivity contribution < 1.29 is 9.90 Å². The van der Waals surface area contributed by atoms with Gasteiger partial charge in [-0.2, -0.15) is 5.21 Å². The SMILES string of the molecule is O=C(O)C1CC2CC(CN(Cc3ccc(Cl)c(Cl)c3)Cc3nn[nH]n3)CC[C@H]2CN1. The number of aromatic nitrogens is 4. The van der Waals surface area contributed by atoms with Crippen LogP contribution < -0.4 is 5.32 Å². The van der Waals surface area contributed by atoms with E-state index in [0.29, 0.717) is 53.1 Å². The van der Waals surface area contributed by atoms with Crippen molar-refractivity contribution in [3.63, 3.8) is 0 Å². The quantitative estimate of drug-likeness (QED) is 0.592. The van der Waals surface area contributed by atoms with Crippen LogP contribution >= 0.6 is 23.2 Å². The molecule has 1 saturated carbocycles. The van der Waals surface area contributed by atoms with Crippen LogP contribution in [-0.2, 0) is 17.9 Å². The summed E-state index contributed by atoms with van der Waals surface area (Å²) in [5.41, 5.74) is 1.08. The highest BCUT2D eigenvalue weighted by Gasteiger charge is 2.38. The molecule has 4 atom stereocenters. The summed E-state index contributed by atoms with van der Waals surface area (Å²) in [5.74, 6) is 1.46. The van der Waals surface area contributed by atoms with Gasteiger partial charge in [0.05, 0.1) is 16.6 Å². The number of nitrogens with one attached hydrogen (secondary N) is 2. The first-order chi connectivity index (χ1) is 14.5. The smallest absolute Gasteiger partial charge is 0.320 e. The molecule has 3 N–H and O–H groups in total. The van der Waals surface area contributed by atoms with Crippen molar-refractivity contribution in [3.05, 3.63) is 39.6 Å². The number of halogens is 2. The van der Waals surface area contributed by atoms with Crippen LogP contribution in [0.25, 0.3) is 0 Å². The van der Waals surface area contributed by atoms with Crippen LogP contribution in [0.1, 0.15) is 37.1 Å². The zero-order valence-electron chi connectivity index (χ0n) is 16.6. The number of H-pyrrole nitrogens is 1. The molecule has 162 valence electrons. The van der Waals surface area contributed by atoms with Crippen LogP contribution in [0.15, 0.2) is 18.2 Å². The molecule has 8 nitrogen and oxygen atoms in total. The standard InChI is InChI=1S/C20H26Cl2N6O2/c21-16-4-2-13(6-17(16)22)10-28(11-19-24-26-27-25-19)9-12-1-3-14-8-23-18(20(29)30)7-15(14)5-12/h2,4,6,12,14-15,18,23H,1,3,5,7-11H2,(H,29,30)(H,24,25,26,27)/t12?,14-,15?,18?/m0/s1. The molecule has 2 heterocycles. The van der Waals surface area contributed by atoms with E-state index in [4.69, 9.17) is 23.2 Å². The van der Waals surface area contributed by atoms with Gasteiger partial charge in [-0.15, -0.1) is 10.2 Å². The van der Waals surface area contributed by atoms with Crippen molar-refractivity contribution in [2.75, 3.05) is 13.1 Å². The van der Waals surface area contributed by atoms with Gasteiger partial charge in [0, 0.05) is 13.1 Å². The molecule has 4 rings (SSSR count). The number of benzene rings is 1. The fraction of sp³-hybridized carbons (Fsp3) is 0.600. The third kappa shape index (κ3) is 5.29. The molecule has 1 aliphatic carbocycles. The first-order valence-electron chi connectivity index (χ1n) is 10.3. The lowest BCUT2D eigenvalue weighted by molar-refractivity contribution is -0.141. The largest absolute Gasteiger partial charge is 0.480 e. The van der Waals surface area contributed by atoms with Gasteiger partial charge in [-0.05, 0) is 67.7 Å². The van der Waals surface area contributed by atoms with E-state index in [9.17, 15) is 9.90 Å². The van der Waals surface area contributed by atoms with Gasteiger partial charge in [0.2, 0.25) is 0 Å². The van der Waals surface area contributed by atoms with E-state index in [-0.39, 0.29) is 0 Å². The first kappa shape index (κ1) is 21.5. The molecule has 1 saturated heterocycles. The number of aliphatic carboxylic acids is 1. The molecule has 1 aromatic carbocycles. The molecule has 0 spiro atoms. The fourth-order valence-electron chi connectivity index (χ4n) is 4.91. The van der Waals surface area contributed by atoms with E-state index in [1.54, 1.807) is 0 Å². The Balaban J connectivity index is 1.43. The van der Waals surface area contributed by atoms with Crippen LogP contribution in [0.3, 0.4) is 0 Å². The average molecular weight is 453 g/mol. The first-order valence-corrected chi connectivity index (χ1v) is 11.1. The summed E-state index contributed by atoms with van der Waals surface area (Å²) in [7, 11) is 0. The Morgan fingerprint density at radius 3 is 2.77 bits per heavy atom. The van der Waals surface area contributed by atoms with Gasteiger partial charge in [0.25, 0.3) is 0 Å². The Hall–Kier alpha value is -1.74. The normalized spacial score (nSPS) is 26.5. The minimum absolute atomic E-state index is 0.420. The summed E-state index contributed by atoms with van der Waals surface area (Å²) in [5, 5.41) is 28.0. The number of carbonyl (C=O) groups is 1. The third-order valence-electron chi connectivity index (χ3n) is 6.37. The lowest BCUT2D eigenvalue weighted by Gasteiger charge is -2.42. The zero-order valence-corrected chi connectivity index (χ0v) is 18.1. The molecule has 2 aromatic rings. The number of hydrogen-bond donors (Lipinski definition) is 3. The molecule has 30 heavy (non-hydrogen) atoms. The van der Waals surface area contributed by atoms with Crippen molar-refractivity contribution in [2.45, 2.75) is 44.8 Å². The van der Waals surface area contributed by atoms with Crippen molar-refractivity contribution in [3.8, 4) is 0 Å². The molecule has 3 unspecified atom stereocenters. The maximum Gasteiger partial charge on any atom is 0.320 e. The second kappa shape index (κ2) is 9.60. The highest BCUT2D eigenvalue weighted by atomic mass is 35.5. The predicted molar refractivity (Wildman–Crippen MR) is 113 cm³/mol. The molecule has 1 aliphatic heterocycles. The van der Waals surface area contributed by atoms with Crippen molar-refractivity contribution in [1.82, 2.24) is 30.8 Å². The molecule has 2 fully saturated rings. The van der Waals surface area contributed by atoms with Crippen LogP contribution in [0.4, 0.5) is 0 Å². The van der Waals surface area contributed by atoms with Gasteiger partial charge in [0.1, 0.15) is 6.04 Å². The molecule has 1 aromatic heterocycles. The maximum absolute atomic E-state index is 11.4. The highest BCUT2D eigenvalue weighted by Crippen LogP contribution is 2.39. The number of aromatic amines is 1. The fourth-order valence-corrected chi connectivity index (χ4v) is 5.23. The van der Waals surface area contributed by atoms with Crippen molar-refractivity contribution in [2.24, 2.45) is 17.8 Å². The van der Waals surface area contributed by atoms with Crippen LogP contribution in [0.5, 0.6) is 0 Å². The number of piperidine rings is 1. The van der Waals surface area contributed by atoms with Crippen LogP contribution in [0.2, 0.25) is 10.0 Å². The van der Waals surface area contributed by atoms with E-state index < -0.39 is 12.0 Å². The minimum atomic E-state index is -0.742. The van der Waals surface area contributed by atoms with E-state index >= 15 is 0 Å². The zero-order chi connectivity index (χ0) is 21.1. The summed E-state index contributed by atoms with van der Waals surface area (Å²) in [6.45, 7) is 2.99. The minimum Gasteiger partial charge on any atom is -0.480 e. The number of nitrogens with zero attached hydrogens (tertiary/aromatic N) is 4. The van der Waals surface area contributed by atoms with Crippen molar-refractivity contribution in [1.29, 1.82) is 0 Å².